The van der Waals surface area contributed by atoms with Gasteiger partial charge in [0.2, 0.25) is 0 Å². The molecule has 2 aromatic rings. The van der Waals surface area contributed by atoms with Crippen LogP contribution in [0.25, 0.3) is 0 Å². The van der Waals surface area contributed by atoms with Gasteiger partial charge in [0.15, 0.2) is 0 Å². The minimum atomic E-state index is -0.513. The molecular weight excluding hydrogens is 330 g/mol. The molecule has 7 heteroatoms. The van der Waals surface area contributed by atoms with Crippen molar-refractivity contribution in [3.63, 3.8) is 0 Å². The highest BCUT2D eigenvalue weighted by molar-refractivity contribution is 9.10. The highest BCUT2D eigenvalue weighted by Gasteiger charge is 2.11. The molecule has 1 aromatic carbocycles. The predicted octanol–water partition coefficient (Wildman–Crippen LogP) is 3.90. The van der Waals surface area contributed by atoms with Gasteiger partial charge in [-0.2, -0.15) is 5.26 Å². The summed E-state index contributed by atoms with van der Waals surface area (Å²) in [6.07, 6.45) is 0. The van der Waals surface area contributed by atoms with Crippen molar-refractivity contribution in [2.75, 3.05) is 5.32 Å². The largest absolute Gasteiger partial charge is 0.379 e. The first kappa shape index (κ1) is 13.5. The summed E-state index contributed by atoms with van der Waals surface area (Å²) in [6, 6.07) is 8.11. The molecule has 0 aliphatic carbocycles. The van der Waals surface area contributed by atoms with Crippen LogP contribution >= 0.6 is 27.3 Å². The maximum atomic E-state index is 10.6. The Morgan fingerprint density at radius 2 is 2.26 bits per heavy atom. The Morgan fingerprint density at radius 1 is 1.47 bits per heavy atom. The molecule has 1 aromatic heterocycles. The number of nitrogens with one attached hydrogen (secondary N) is 1. The van der Waals surface area contributed by atoms with E-state index in [4.69, 9.17) is 5.26 Å². The van der Waals surface area contributed by atoms with Crippen LogP contribution in [0.2, 0.25) is 0 Å². The molecule has 0 saturated carbocycles. The van der Waals surface area contributed by atoms with Gasteiger partial charge in [-0.1, -0.05) is 0 Å². The number of non-ortho nitro benzene ring substituents is 1. The first-order chi connectivity index (χ1) is 9.11. The summed E-state index contributed by atoms with van der Waals surface area (Å²) in [5.74, 6) is 0. The maximum Gasteiger partial charge on any atom is 0.270 e. The van der Waals surface area contributed by atoms with Crippen LogP contribution in [0.1, 0.15) is 10.4 Å². The topological polar surface area (TPSA) is 79.0 Å². The van der Waals surface area contributed by atoms with Crippen molar-refractivity contribution in [1.82, 2.24) is 0 Å². The van der Waals surface area contributed by atoms with Crippen LogP contribution in [0.15, 0.2) is 34.1 Å². The zero-order valence-electron chi connectivity index (χ0n) is 9.59. The number of nitrogens with zero attached hydrogens (tertiary/aromatic N) is 2. The quantitative estimate of drug-likeness (QED) is 0.677. The summed E-state index contributed by atoms with van der Waals surface area (Å²) in [5.41, 5.74) is 0.773. The van der Waals surface area contributed by atoms with Gasteiger partial charge in [0.05, 0.1) is 22.7 Å². The summed E-state index contributed by atoms with van der Waals surface area (Å²) in [6.45, 7) is 0.560. The monoisotopic (exact) mass is 337 g/mol. The van der Waals surface area contributed by atoms with E-state index in [1.54, 1.807) is 17.4 Å². The van der Waals surface area contributed by atoms with Crippen LogP contribution in [-0.4, -0.2) is 4.92 Å². The molecule has 1 heterocycles. The van der Waals surface area contributed by atoms with Crippen LogP contribution in [0.3, 0.4) is 0 Å². The molecule has 0 aliphatic rings. The average molecular weight is 338 g/mol. The van der Waals surface area contributed by atoms with Gasteiger partial charge < -0.3 is 5.32 Å². The number of nitriles is 1. The van der Waals surface area contributed by atoms with Crippen LogP contribution in [0.4, 0.5) is 11.4 Å². The van der Waals surface area contributed by atoms with Crippen molar-refractivity contribution in [3.05, 3.63) is 54.7 Å². The van der Waals surface area contributed by atoms with Gasteiger partial charge in [0, 0.05) is 21.5 Å². The zero-order valence-corrected chi connectivity index (χ0v) is 12.0. The molecule has 1 N–H and O–H groups in total. The summed E-state index contributed by atoms with van der Waals surface area (Å²) in [5, 5.41) is 24.7. The zero-order chi connectivity index (χ0) is 13.8. The molecule has 5 nitrogen and oxygen atoms in total. The lowest BCUT2D eigenvalue weighted by molar-refractivity contribution is -0.384. The molecule has 0 saturated heterocycles. The molecule has 0 amide bonds. The minimum Gasteiger partial charge on any atom is -0.379 e. The molecule has 19 heavy (non-hydrogen) atoms. The summed E-state index contributed by atoms with van der Waals surface area (Å²) >= 11 is 5.01. The van der Waals surface area contributed by atoms with E-state index in [1.165, 1.54) is 12.1 Å². The fraction of sp³-hybridized carbons (Fsp3) is 0.0833. The van der Waals surface area contributed by atoms with Gasteiger partial charge in [-0.25, -0.2) is 0 Å². The van der Waals surface area contributed by atoms with E-state index < -0.39 is 4.92 Å². The van der Waals surface area contributed by atoms with E-state index in [9.17, 15) is 10.1 Å². The van der Waals surface area contributed by atoms with E-state index in [-0.39, 0.29) is 11.3 Å². The molecule has 0 aliphatic heterocycles. The van der Waals surface area contributed by atoms with Crippen molar-refractivity contribution in [2.45, 2.75) is 6.54 Å². The normalized spacial score (nSPS) is 9.89. The number of rotatable bonds is 4. The maximum absolute atomic E-state index is 10.6. The van der Waals surface area contributed by atoms with E-state index in [0.717, 1.165) is 9.35 Å². The summed E-state index contributed by atoms with van der Waals surface area (Å²) in [4.78, 5) is 11.2. The lowest BCUT2D eigenvalue weighted by Gasteiger charge is -2.07. The van der Waals surface area contributed by atoms with Gasteiger partial charge in [0.1, 0.15) is 6.07 Å². The second-order valence-corrected chi connectivity index (χ2v) is 5.50. The average Bonchev–Trinajstić information content (AvgIpc) is 2.81. The van der Waals surface area contributed by atoms with E-state index in [0.29, 0.717) is 12.2 Å². The number of hydrogen-bond donors (Lipinski definition) is 1. The second kappa shape index (κ2) is 5.82. The fourth-order valence-electron chi connectivity index (χ4n) is 1.52. The van der Waals surface area contributed by atoms with Gasteiger partial charge in [-0.15, -0.1) is 11.3 Å². The second-order valence-electron chi connectivity index (χ2n) is 3.64. The molecule has 0 fully saturated rings. The summed E-state index contributed by atoms with van der Waals surface area (Å²) in [7, 11) is 0. The Labute approximate surface area is 121 Å². The molecule has 0 unspecified atom stereocenters. The number of nitro benzene ring substituents is 1. The number of halogens is 1. The van der Waals surface area contributed by atoms with E-state index in [1.807, 2.05) is 17.5 Å². The third kappa shape index (κ3) is 3.10. The Balaban J connectivity index is 2.19. The van der Waals surface area contributed by atoms with Gasteiger partial charge in [-0.05, 0) is 33.4 Å². The minimum absolute atomic E-state index is 0.0839. The highest BCUT2D eigenvalue weighted by atomic mass is 79.9. The van der Waals surface area contributed by atoms with Gasteiger partial charge in [-0.3, -0.25) is 10.1 Å². The first-order valence-electron chi connectivity index (χ1n) is 5.26. The molecule has 2 rings (SSSR count). The van der Waals surface area contributed by atoms with Crippen LogP contribution in [0, 0.1) is 21.4 Å². The smallest absolute Gasteiger partial charge is 0.270 e. The molecule has 0 bridgehead atoms. The van der Waals surface area contributed by atoms with Crippen molar-refractivity contribution < 1.29 is 4.92 Å². The van der Waals surface area contributed by atoms with Gasteiger partial charge in [0.25, 0.3) is 5.69 Å². The van der Waals surface area contributed by atoms with Crippen molar-refractivity contribution in [3.8, 4) is 6.07 Å². The van der Waals surface area contributed by atoms with Crippen molar-refractivity contribution >= 4 is 38.6 Å². The molecule has 96 valence electrons. The van der Waals surface area contributed by atoms with Crippen LogP contribution in [0.5, 0.6) is 0 Å². The molecule has 0 atom stereocenters. The molecule has 0 spiro atoms. The van der Waals surface area contributed by atoms with Crippen molar-refractivity contribution in [1.29, 1.82) is 5.26 Å². The number of benzene rings is 1. The van der Waals surface area contributed by atoms with Gasteiger partial charge >= 0.3 is 0 Å². The van der Waals surface area contributed by atoms with Crippen LogP contribution < -0.4 is 5.32 Å². The summed E-state index contributed by atoms with van der Waals surface area (Å²) < 4.78 is 1.01. The number of nitro groups is 1. The molecule has 0 radical (unpaired) electrons. The highest BCUT2D eigenvalue weighted by Crippen LogP contribution is 2.26. The van der Waals surface area contributed by atoms with E-state index in [2.05, 4.69) is 21.2 Å². The lowest BCUT2D eigenvalue weighted by Crippen LogP contribution is -2.01. The Morgan fingerprint density at radius 3 is 2.84 bits per heavy atom. The van der Waals surface area contributed by atoms with E-state index >= 15 is 0 Å². The van der Waals surface area contributed by atoms with Crippen molar-refractivity contribution in [2.24, 2.45) is 0 Å². The first-order valence-corrected chi connectivity index (χ1v) is 6.93. The standard InChI is InChI=1S/C12H8BrN3O2S/c13-10-3-4-19-12(10)7-15-11-2-1-9(16(17)18)5-8(11)6-14/h1-5,15H,7H2. The Hall–Kier alpha value is -1.91. The SMILES string of the molecule is N#Cc1cc([N+](=O)[O-])ccc1NCc1sccc1Br. The fourth-order valence-corrected chi connectivity index (χ4v) is 2.95. The number of thiophene rings is 1. The molecular formula is C12H8BrN3O2S. The predicted molar refractivity (Wildman–Crippen MR) is 77.2 cm³/mol. The Bertz CT molecular complexity index is 663. The lowest BCUT2D eigenvalue weighted by atomic mass is 10.1. The third-order valence-corrected chi connectivity index (χ3v) is 4.39. The Kier molecular flexibility index (Phi) is 4.14. The van der Waals surface area contributed by atoms with Crippen LogP contribution in [-0.2, 0) is 6.54 Å². The number of hydrogen-bond acceptors (Lipinski definition) is 5. The third-order valence-electron chi connectivity index (χ3n) is 2.46. The number of anilines is 1.